The van der Waals surface area contributed by atoms with Gasteiger partial charge in [0.15, 0.2) is 0 Å². The van der Waals surface area contributed by atoms with Gasteiger partial charge in [-0.25, -0.2) is 4.98 Å². The lowest BCUT2D eigenvalue weighted by molar-refractivity contribution is -0.141. The van der Waals surface area contributed by atoms with Crippen molar-refractivity contribution in [2.24, 2.45) is 0 Å². The topological polar surface area (TPSA) is 92.1 Å². The Morgan fingerprint density at radius 1 is 1.53 bits per heavy atom. The van der Waals surface area contributed by atoms with E-state index in [2.05, 4.69) is 15.0 Å². The maximum Gasteiger partial charge on any atom is 0.325 e. The highest BCUT2D eigenvalue weighted by Gasteiger charge is 2.09. The lowest BCUT2D eigenvalue weighted by Crippen LogP contribution is -2.31. The first-order chi connectivity index (χ1) is 8.17. The van der Waals surface area contributed by atoms with Gasteiger partial charge in [0.25, 0.3) is 5.91 Å². The second-order valence-corrected chi connectivity index (χ2v) is 3.03. The minimum atomic E-state index is -0.505. The number of carbonyl (C=O) groups is 2. The molecule has 1 aromatic heterocycles. The van der Waals surface area contributed by atoms with Gasteiger partial charge < -0.3 is 10.1 Å². The molecule has 0 aliphatic heterocycles. The standard InChI is InChI=1S/C11H11N3O3/c1-2-17-10(15)7-14-11(16)9-4-3-8(5-12)6-13-9/h3-4,6H,2,7H2,1H3,(H,14,16). The Morgan fingerprint density at radius 2 is 2.29 bits per heavy atom. The SMILES string of the molecule is CCOC(=O)CNC(=O)c1ccc(C#N)cn1. The zero-order valence-electron chi connectivity index (χ0n) is 9.27. The predicted molar refractivity (Wildman–Crippen MR) is 57.9 cm³/mol. The summed E-state index contributed by atoms with van der Waals surface area (Å²) in [5, 5.41) is 10.9. The molecule has 0 bridgehead atoms. The predicted octanol–water partition coefficient (Wildman–Crippen LogP) is 0.246. The first-order valence-corrected chi connectivity index (χ1v) is 4.97. The molecule has 0 fully saturated rings. The van der Waals surface area contributed by atoms with Crippen molar-refractivity contribution >= 4 is 11.9 Å². The lowest BCUT2D eigenvalue weighted by Gasteiger charge is -2.04. The van der Waals surface area contributed by atoms with E-state index < -0.39 is 11.9 Å². The van der Waals surface area contributed by atoms with Crippen LogP contribution in [0.25, 0.3) is 0 Å². The number of ether oxygens (including phenoxy) is 1. The first kappa shape index (κ1) is 12.6. The van der Waals surface area contributed by atoms with Crippen LogP contribution in [0.5, 0.6) is 0 Å². The van der Waals surface area contributed by atoms with Gasteiger partial charge in [-0.1, -0.05) is 0 Å². The molecule has 17 heavy (non-hydrogen) atoms. The summed E-state index contributed by atoms with van der Waals surface area (Å²) in [6.07, 6.45) is 1.29. The monoisotopic (exact) mass is 233 g/mol. The van der Waals surface area contributed by atoms with Gasteiger partial charge in [-0.05, 0) is 19.1 Å². The molecule has 1 N–H and O–H groups in total. The third-order valence-corrected chi connectivity index (χ3v) is 1.82. The zero-order chi connectivity index (χ0) is 12.7. The average Bonchev–Trinajstić information content (AvgIpc) is 2.36. The van der Waals surface area contributed by atoms with Crippen molar-refractivity contribution in [2.75, 3.05) is 13.2 Å². The van der Waals surface area contributed by atoms with E-state index in [1.165, 1.54) is 18.3 Å². The fraction of sp³-hybridized carbons (Fsp3) is 0.273. The molecule has 1 rings (SSSR count). The number of amides is 1. The van der Waals surface area contributed by atoms with Crippen LogP contribution in [0.1, 0.15) is 23.0 Å². The van der Waals surface area contributed by atoms with E-state index >= 15 is 0 Å². The third-order valence-electron chi connectivity index (χ3n) is 1.82. The van der Waals surface area contributed by atoms with Crippen LogP contribution in [0.2, 0.25) is 0 Å². The minimum Gasteiger partial charge on any atom is -0.465 e. The molecule has 1 amide bonds. The zero-order valence-corrected chi connectivity index (χ0v) is 9.27. The molecule has 88 valence electrons. The summed E-state index contributed by atoms with van der Waals surface area (Å²) in [6.45, 7) is 1.75. The van der Waals surface area contributed by atoms with Gasteiger partial charge in [0.05, 0.1) is 12.2 Å². The molecule has 1 heterocycles. The summed E-state index contributed by atoms with van der Waals surface area (Å²) in [7, 11) is 0. The molecular weight excluding hydrogens is 222 g/mol. The summed E-state index contributed by atoms with van der Waals surface area (Å²) >= 11 is 0. The number of hydrogen-bond acceptors (Lipinski definition) is 5. The van der Waals surface area contributed by atoms with E-state index in [-0.39, 0.29) is 18.8 Å². The molecule has 1 aromatic rings. The second-order valence-electron chi connectivity index (χ2n) is 3.03. The Balaban J connectivity index is 2.52. The Labute approximate surface area is 98.2 Å². The van der Waals surface area contributed by atoms with E-state index in [1.54, 1.807) is 6.92 Å². The van der Waals surface area contributed by atoms with Crippen LogP contribution in [-0.4, -0.2) is 30.0 Å². The fourth-order valence-corrected chi connectivity index (χ4v) is 1.05. The average molecular weight is 233 g/mol. The van der Waals surface area contributed by atoms with E-state index in [9.17, 15) is 9.59 Å². The minimum absolute atomic E-state index is 0.147. The molecule has 0 saturated heterocycles. The van der Waals surface area contributed by atoms with Gasteiger partial charge in [0.2, 0.25) is 0 Å². The highest BCUT2D eigenvalue weighted by Crippen LogP contribution is 1.98. The number of rotatable bonds is 4. The summed E-state index contributed by atoms with van der Waals surface area (Å²) in [5.74, 6) is -0.989. The Kier molecular flexibility index (Phi) is 4.63. The number of nitrogens with zero attached hydrogens (tertiary/aromatic N) is 2. The molecule has 6 nitrogen and oxygen atoms in total. The number of nitriles is 1. The molecule has 0 aliphatic rings. The number of hydrogen-bond donors (Lipinski definition) is 1. The number of aromatic nitrogens is 1. The van der Waals surface area contributed by atoms with Crippen LogP contribution >= 0.6 is 0 Å². The molecule has 6 heteroatoms. The van der Waals surface area contributed by atoms with Crippen molar-refractivity contribution in [1.29, 1.82) is 5.26 Å². The Hall–Kier alpha value is -2.42. The van der Waals surface area contributed by atoms with Crippen LogP contribution in [0.4, 0.5) is 0 Å². The largest absolute Gasteiger partial charge is 0.465 e. The lowest BCUT2D eigenvalue weighted by atomic mass is 10.2. The molecule has 0 spiro atoms. The van der Waals surface area contributed by atoms with Crippen molar-refractivity contribution in [2.45, 2.75) is 6.92 Å². The van der Waals surface area contributed by atoms with Gasteiger partial charge in [0.1, 0.15) is 18.3 Å². The van der Waals surface area contributed by atoms with Gasteiger partial charge >= 0.3 is 5.97 Å². The van der Waals surface area contributed by atoms with Crippen LogP contribution < -0.4 is 5.32 Å². The maximum absolute atomic E-state index is 11.5. The molecule has 0 saturated carbocycles. The Bertz CT molecular complexity index is 448. The Morgan fingerprint density at radius 3 is 2.82 bits per heavy atom. The van der Waals surface area contributed by atoms with Crippen molar-refractivity contribution < 1.29 is 14.3 Å². The van der Waals surface area contributed by atoms with Gasteiger partial charge in [-0.2, -0.15) is 5.26 Å². The maximum atomic E-state index is 11.5. The number of pyridine rings is 1. The highest BCUT2D eigenvalue weighted by atomic mass is 16.5. The van der Waals surface area contributed by atoms with E-state index in [0.29, 0.717) is 5.56 Å². The van der Waals surface area contributed by atoms with E-state index in [4.69, 9.17) is 5.26 Å². The summed E-state index contributed by atoms with van der Waals surface area (Å²) in [6, 6.07) is 4.79. The number of nitrogens with one attached hydrogen (secondary N) is 1. The van der Waals surface area contributed by atoms with Gasteiger partial charge in [-0.15, -0.1) is 0 Å². The van der Waals surface area contributed by atoms with Crippen molar-refractivity contribution in [3.63, 3.8) is 0 Å². The summed E-state index contributed by atoms with van der Waals surface area (Å²) < 4.78 is 4.65. The number of carbonyl (C=O) groups excluding carboxylic acids is 2. The molecule has 0 unspecified atom stereocenters. The molecular formula is C11H11N3O3. The van der Waals surface area contributed by atoms with Crippen LogP contribution in [0, 0.1) is 11.3 Å². The molecule has 0 aliphatic carbocycles. The van der Waals surface area contributed by atoms with Crippen LogP contribution in [0.3, 0.4) is 0 Å². The smallest absolute Gasteiger partial charge is 0.325 e. The molecule has 0 aromatic carbocycles. The normalized spacial score (nSPS) is 9.18. The van der Waals surface area contributed by atoms with Crippen LogP contribution in [0.15, 0.2) is 18.3 Å². The molecule has 0 radical (unpaired) electrons. The number of esters is 1. The highest BCUT2D eigenvalue weighted by molar-refractivity contribution is 5.94. The first-order valence-electron chi connectivity index (χ1n) is 4.97. The summed E-state index contributed by atoms with van der Waals surface area (Å²) in [4.78, 5) is 26.3. The fourth-order valence-electron chi connectivity index (χ4n) is 1.05. The van der Waals surface area contributed by atoms with Gasteiger partial charge in [0, 0.05) is 6.20 Å². The van der Waals surface area contributed by atoms with Crippen molar-refractivity contribution in [1.82, 2.24) is 10.3 Å². The second kappa shape index (κ2) is 6.23. The molecule has 0 atom stereocenters. The third kappa shape index (κ3) is 3.91. The van der Waals surface area contributed by atoms with Crippen molar-refractivity contribution in [3.8, 4) is 6.07 Å². The van der Waals surface area contributed by atoms with Crippen LogP contribution in [-0.2, 0) is 9.53 Å². The van der Waals surface area contributed by atoms with E-state index in [1.807, 2.05) is 6.07 Å². The quantitative estimate of drug-likeness (QED) is 0.752. The van der Waals surface area contributed by atoms with E-state index in [0.717, 1.165) is 0 Å². The van der Waals surface area contributed by atoms with Crippen molar-refractivity contribution in [3.05, 3.63) is 29.6 Å². The summed E-state index contributed by atoms with van der Waals surface area (Å²) in [5.41, 5.74) is 0.514. The van der Waals surface area contributed by atoms with Gasteiger partial charge in [-0.3, -0.25) is 9.59 Å².